The molecule has 0 saturated carbocycles. The minimum atomic E-state index is -4.43. The van der Waals surface area contributed by atoms with Crippen molar-refractivity contribution in [3.05, 3.63) is 42.0 Å². The van der Waals surface area contributed by atoms with Crippen molar-refractivity contribution in [3.8, 4) is 0 Å². The van der Waals surface area contributed by atoms with Gasteiger partial charge in [-0.25, -0.2) is 8.42 Å². The third-order valence-corrected chi connectivity index (χ3v) is 5.89. The van der Waals surface area contributed by atoms with Gasteiger partial charge < -0.3 is 4.55 Å². The Balaban J connectivity index is 0.00000364. The van der Waals surface area contributed by atoms with Crippen LogP contribution in [-0.4, -0.2) is 13.0 Å². The molecule has 27 heavy (non-hydrogen) atoms. The van der Waals surface area contributed by atoms with Crippen LogP contribution in [0.3, 0.4) is 0 Å². The number of rotatable bonds is 12. The minimum Gasteiger partial charge on any atom is -0.744 e. The molecule has 144 valence electrons. The first-order valence-electron chi connectivity index (χ1n) is 10.00. The molecule has 0 unspecified atom stereocenters. The van der Waals surface area contributed by atoms with Crippen molar-refractivity contribution in [1.29, 1.82) is 0 Å². The van der Waals surface area contributed by atoms with Crippen LogP contribution < -0.4 is 51.4 Å². The van der Waals surface area contributed by atoms with Crippen LogP contribution in [0.1, 0.15) is 76.7 Å². The number of benzene rings is 2. The molecule has 0 aliphatic carbocycles. The molecule has 0 aromatic heterocycles. The maximum absolute atomic E-state index is 11.3. The van der Waals surface area contributed by atoms with Crippen molar-refractivity contribution in [2.45, 2.75) is 82.4 Å². The Morgan fingerprint density at radius 1 is 0.815 bits per heavy atom. The van der Waals surface area contributed by atoms with Gasteiger partial charge in [0, 0.05) is 0 Å². The summed E-state index contributed by atoms with van der Waals surface area (Å²) in [6, 6.07) is 10.6. The minimum absolute atomic E-state index is 0. The largest absolute Gasteiger partial charge is 1.00 e. The molecule has 3 nitrogen and oxygen atoms in total. The van der Waals surface area contributed by atoms with Gasteiger partial charge in [-0.05, 0) is 35.2 Å². The summed E-state index contributed by atoms with van der Waals surface area (Å²) < 4.78 is 34.0. The number of unbranched alkanes of at least 4 members (excludes halogenated alkanes) is 9. The zero-order valence-corrected chi connectivity index (χ0v) is 20.8. The topological polar surface area (TPSA) is 57.2 Å². The molecule has 2 rings (SSSR count). The van der Waals surface area contributed by atoms with E-state index in [-0.39, 0.29) is 56.3 Å². The first-order valence-corrected chi connectivity index (χ1v) is 11.4. The van der Waals surface area contributed by atoms with E-state index in [0.717, 1.165) is 18.2 Å². The Hall–Kier alpha value is 0.246. The first-order chi connectivity index (χ1) is 12.5. The van der Waals surface area contributed by atoms with E-state index in [1.165, 1.54) is 69.4 Å². The van der Waals surface area contributed by atoms with Crippen LogP contribution in [0.4, 0.5) is 0 Å². The Labute approximate surface area is 207 Å². The molecule has 2 aromatic rings. The molecule has 0 atom stereocenters. The molecule has 0 radical (unpaired) electrons. The van der Waals surface area contributed by atoms with E-state index >= 15 is 0 Å². The Kier molecular flexibility index (Phi) is 12.6. The molecule has 0 amide bonds. The van der Waals surface area contributed by atoms with E-state index in [0.29, 0.717) is 5.39 Å². The maximum Gasteiger partial charge on any atom is 1.00 e. The van der Waals surface area contributed by atoms with Crippen LogP contribution >= 0.6 is 0 Å². The van der Waals surface area contributed by atoms with Crippen LogP contribution in [0.25, 0.3) is 10.8 Å². The van der Waals surface area contributed by atoms with Gasteiger partial charge in [0.15, 0.2) is 0 Å². The monoisotopic (exact) mass is 414 g/mol. The zero-order valence-electron chi connectivity index (χ0n) is 16.9. The molecular formula is C22H31KO3S. The van der Waals surface area contributed by atoms with E-state index in [2.05, 4.69) is 6.92 Å². The normalized spacial score (nSPS) is 11.5. The fourth-order valence-electron chi connectivity index (χ4n) is 3.49. The third kappa shape index (κ3) is 9.07. The quantitative estimate of drug-likeness (QED) is 0.304. The molecule has 0 saturated heterocycles. The average molecular weight is 415 g/mol. The predicted octanol–water partition coefficient (Wildman–Crippen LogP) is 3.21. The summed E-state index contributed by atoms with van der Waals surface area (Å²) in [6.07, 6.45) is 14.2. The summed E-state index contributed by atoms with van der Waals surface area (Å²) in [5.41, 5.74) is 1.21. The molecule has 2 aromatic carbocycles. The molecule has 0 aliphatic heterocycles. The molecule has 0 N–H and O–H groups in total. The number of hydrogen-bond donors (Lipinski definition) is 0. The summed E-state index contributed by atoms with van der Waals surface area (Å²) in [6.45, 7) is 2.25. The second-order valence-corrected chi connectivity index (χ2v) is 8.55. The van der Waals surface area contributed by atoms with E-state index in [9.17, 15) is 13.0 Å². The Bertz CT molecular complexity index is 787. The standard InChI is InChI=1S/C22H32O3S.K/c1-2-3-4-5-6-7-8-9-10-11-13-19-16-17-21-20(18-19)14-12-15-22(21)26(23,24)25;/h12,14-18H,2-11,13H2,1H3,(H,23,24,25);/q;+1/p-1. The fraction of sp³-hybridized carbons (Fsp3) is 0.545. The van der Waals surface area contributed by atoms with Gasteiger partial charge in [0.05, 0.1) is 4.90 Å². The van der Waals surface area contributed by atoms with E-state index < -0.39 is 10.1 Å². The van der Waals surface area contributed by atoms with Gasteiger partial charge in [-0.1, -0.05) is 95.0 Å². The van der Waals surface area contributed by atoms with Crippen LogP contribution in [0.5, 0.6) is 0 Å². The smallest absolute Gasteiger partial charge is 0.744 e. The van der Waals surface area contributed by atoms with Crippen molar-refractivity contribution in [2.75, 3.05) is 0 Å². The van der Waals surface area contributed by atoms with Crippen molar-refractivity contribution in [3.63, 3.8) is 0 Å². The molecule has 0 heterocycles. The zero-order chi connectivity index (χ0) is 18.8. The summed E-state index contributed by atoms with van der Waals surface area (Å²) in [5.74, 6) is 0. The molecule has 0 bridgehead atoms. The van der Waals surface area contributed by atoms with Crippen LogP contribution in [-0.2, 0) is 16.5 Å². The first kappa shape index (κ1) is 25.3. The fourth-order valence-corrected chi connectivity index (χ4v) is 4.19. The molecule has 0 aliphatic rings. The van der Waals surface area contributed by atoms with Crippen molar-refractivity contribution in [1.82, 2.24) is 0 Å². The summed E-state index contributed by atoms with van der Waals surface area (Å²) >= 11 is 0. The second kappa shape index (κ2) is 13.5. The number of hydrogen-bond acceptors (Lipinski definition) is 3. The maximum atomic E-state index is 11.3. The van der Waals surface area contributed by atoms with Gasteiger partial charge in [-0.15, -0.1) is 0 Å². The third-order valence-electron chi connectivity index (χ3n) is 4.99. The van der Waals surface area contributed by atoms with Gasteiger partial charge in [0.25, 0.3) is 0 Å². The van der Waals surface area contributed by atoms with Gasteiger partial charge >= 0.3 is 51.4 Å². The molecule has 0 fully saturated rings. The van der Waals surface area contributed by atoms with E-state index in [1.54, 1.807) is 12.1 Å². The van der Waals surface area contributed by atoms with Gasteiger partial charge in [0.2, 0.25) is 0 Å². The van der Waals surface area contributed by atoms with Crippen molar-refractivity contribution >= 4 is 20.9 Å². The molecular weight excluding hydrogens is 383 g/mol. The van der Waals surface area contributed by atoms with E-state index in [4.69, 9.17) is 0 Å². The molecule has 5 heteroatoms. The predicted molar refractivity (Wildman–Crippen MR) is 107 cm³/mol. The van der Waals surface area contributed by atoms with Crippen LogP contribution in [0, 0.1) is 0 Å². The summed E-state index contributed by atoms with van der Waals surface area (Å²) in [4.78, 5) is -0.125. The second-order valence-electron chi connectivity index (χ2n) is 7.20. The Morgan fingerprint density at radius 3 is 2.00 bits per heavy atom. The van der Waals surface area contributed by atoms with Crippen molar-refractivity contribution < 1.29 is 64.4 Å². The van der Waals surface area contributed by atoms with Gasteiger partial charge in [-0.2, -0.15) is 0 Å². The van der Waals surface area contributed by atoms with Gasteiger partial charge in [-0.3, -0.25) is 0 Å². The summed E-state index contributed by atoms with van der Waals surface area (Å²) in [5, 5.41) is 1.35. The van der Waals surface area contributed by atoms with E-state index in [1.807, 2.05) is 18.2 Å². The van der Waals surface area contributed by atoms with Crippen molar-refractivity contribution in [2.24, 2.45) is 0 Å². The van der Waals surface area contributed by atoms with Crippen LogP contribution in [0.2, 0.25) is 0 Å². The number of aryl methyl sites for hydroxylation is 1. The average Bonchev–Trinajstić information content (AvgIpc) is 2.61. The van der Waals surface area contributed by atoms with Crippen LogP contribution in [0.15, 0.2) is 41.3 Å². The number of fused-ring (bicyclic) bond motifs is 1. The van der Waals surface area contributed by atoms with Gasteiger partial charge in [0.1, 0.15) is 10.1 Å². The SMILES string of the molecule is CCCCCCCCCCCCc1ccc2c(S(=O)(=O)[O-])cccc2c1.[K+]. The molecule has 0 spiro atoms. The summed E-state index contributed by atoms with van der Waals surface area (Å²) in [7, 11) is -4.43. The Morgan fingerprint density at radius 2 is 1.41 bits per heavy atom.